The van der Waals surface area contributed by atoms with Crippen molar-refractivity contribution in [2.24, 2.45) is 17.4 Å². The van der Waals surface area contributed by atoms with Gasteiger partial charge in [0.2, 0.25) is 23.6 Å². The van der Waals surface area contributed by atoms with Crippen LogP contribution in [0.2, 0.25) is 0 Å². The fourth-order valence-corrected chi connectivity index (χ4v) is 2.53. The summed E-state index contributed by atoms with van der Waals surface area (Å²) in [4.78, 5) is 59.4. The van der Waals surface area contributed by atoms with E-state index >= 15 is 0 Å². The summed E-state index contributed by atoms with van der Waals surface area (Å²) in [6, 6.07) is -5.38. The number of primary amides is 1. The monoisotopic (exact) mass is 447 g/mol. The Labute approximate surface area is 179 Å². The fourth-order valence-electron chi connectivity index (χ4n) is 2.53. The molecule has 0 heterocycles. The van der Waals surface area contributed by atoms with Crippen LogP contribution in [0.4, 0.5) is 0 Å². The predicted molar refractivity (Wildman–Crippen MR) is 108 cm³/mol. The zero-order valence-electron chi connectivity index (χ0n) is 17.8. The summed E-state index contributed by atoms with van der Waals surface area (Å²) >= 11 is 0. The van der Waals surface area contributed by atoms with E-state index in [9.17, 15) is 34.2 Å². The Kier molecular flexibility index (Phi) is 12.3. The Morgan fingerprint density at radius 3 is 1.87 bits per heavy atom. The smallest absolute Gasteiger partial charge is 0.326 e. The van der Waals surface area contributed by atoms with Crippen molar-refractivity contribution in [3.05, 3.63) is 0 Å². The maximum absolute atomic E-state index is 12.6. The molecule has 31 heavy (non-hydrogen) atoms. The second kappa shape index (κ2) is 13.5. The minimum absolute atomic E-state index is 0.0904. The van der Waals surface area contributed by atoms with Gasteiger partial charge in [-0.2, -0.15) is 0 Å². The normalized spacial score (nSPS) is 15.8. The third-order valence-corrected chi connectivity index (χ3v) is 4.23. The van der Waals surface area contributed by atoms with Crippen LogP contribution in [0.1, 0.15) is 40.0 Å². The van der Waals surface area contributed by atoms with Gasteiger partial charge in [0.25, 0.3) is 0 Å². The molecule has 0 bridgehead atoms. The van der Waals surface area contributed by atoms with Crippen molar-refractivity contribution in [3.8, 4) is 0 Å². The Hall–Kier alpha value is -2.77. The highest BCUT2D eigenvalue weighted by Gasteiger charge is 2.32. The lowest BCUT2D eigenvalue weighted by molar-refractivity contribution is -0.142. The quantitative estimate of drug-likeness (QED) is 0.132. The number of aliphatic carboxylic acids is 1. The molecular weight excluding hydrogens is 414 g/mol. The molecule has 0 saturated carbocycles. The van der Waals surface area contributed by atoms with Gasteiger partial charge in [0, 0.05) is 6.42 Å². The third kappa shape index (κ3) is 10.7. The summed E-state index contributed by atoms with van der Waals surface area (Å²) in [5.74, 6) is -4.81. The number of carboxylic acids is 1. The molecule has 10 N–H and O–H groups in total. The van der Waals surface area contributed by atoms with Gasteiger partial charge in [-0.15, -0.1) is 0 Å². The number of hydrogen-bond acceptors (Lipinski definition) is 8. The lowest BCUT2D eigenvalue weighted by Gasteiger charge is -2.27. The van der Waals surface area contributed by atoms with Gasteiger partial charge in [0.05, 0.1) is 12.7 Å². The summed E-state index contributed by atoms with van der Waals surface area (Å²) in [6.07, 6.45) is -1.74. The van der Waals surface area contributed by atoms with Gasteiger partial charge in [-0.05, 0) is 25.7 Å². The number of aliphatic hydroxyl groups is 2. The molecule has 5 atom stereocenters. The summed E-state index contributed by atoms with van der Waals surface area (Å²) < 4.78 is 0. The van der Waals surface area contributed by atoms with Crippen LogP contribution >= 0.6 is 0 Å². The zero-order chi connectivity index (χ0) is 24.3. The van der Waals surface area contributed by atoms with Crippen LogP contribution in [0.3, 0.4) is 0 Å². The van der Waals surface area contributed by atoms with Gasteiger partial charge >= 0.3 is 5.97 Å². The standard InChI is InChI=1S/C18H33N5O8/c1-8(2)6-12(16(28)21-11(18(30)31)4-5-13(20)26)22-17(29)14(9(3)25)23-15(27)10(19)7-24/h8-12,14,24-25H,4-7,19H2,1-3H3,(H2,20,26)(H,21,28)(H,22,29)(H,23,27)(H,30,31). The number of carboxylic acid groups (broad SMARTS) is 1. The second-order valence-electron chi connectivity index (χ2n) is 7.61. The van der Waals surface area contributed by atoms with Crippen LogP contribution in [-0.4, -0.2) is 81.8 Å². The first kappa shape index (κ1) is 28.2. The number of nitrogens with one attached hydrogen (secondary N) is 3. The van der Waals surface area contributed by atoms with E-state index in [1.165, 1.54) is 6.92 Å². The molecule has 5 unspecified atom stereocenters. The SMILES string of the molecule is CC(C)CC(NC(=O)C(NC(=O)C(N)CO)C(C)O)C(=O)NC(CCC(N)=O)C(=O)O. The molecule has 13 nitrogen and oxygen atoms in total. The minimum Gasteiger partial charge on any atom is -0.480 e. The van der Waals surface area contributed by atoms with Gasteiger partial charge in [-0.1, -0.05) is 13.8 Å². The lowest BCUT2D eigenvalue weighted by Crippen LogP contribution is -2.60. The first-order valence-corrected chi connectivity index (χ1v) is 9.76. The minimum atomic E-state index is -1.47. The number of amides is 4. The Morgan fingerprint density at radius 1 is 0.903 bits per heavy atom. The van der Waals surface area contributed by atoms with Crippen molar-refractivity contribution in [1.82, 2.24) is 16.0 Å². The van der Waals surface area contributed by atoms with E-state index in [2.05, 4.69) is 16.0 Å². The van der Waals surface area contributed by atoms with Crippen LogP contribution < -0.4 is 27.4 Å². The molecule has 13 heteroatoms. The van der Waals surface area contributed by atoms with E-state index in [1.807, 2.05) is 0 Å². The number of carbonyl (C=O) groups is 5. The maximum Gasteiger partial charge on any atom is 0.326 e. The van der Waals surface area contributed by atoms with Gasteiger partial charge in [0.1, 0.15) is 24.2 Å². The molecule has 0 aromatic carbocycles. The molecule has 0 aliphatic carbocycles. The Morgan fingerprint density at radius 2 is 1.45 bits per heavy atom. The third-order valence-electron chi connectivity index (χ3n) is 4.23. The molecule has 0 rings (SSSR count). The van der Waals surface area contributed by atoms with Crippen molar-refractivity contribution < 1.29 is 39.3 Å². The van der Waals surface area contributed by atoms with Crippen molar-refractivity contribution >= 4 is 29.6 Å². The van der Waals surface area contributed by atoms with E-state index in [1.54, 1.807) is 13.8 Å². The van der Waals surface area contributed by atoms with Crippen LogP contribution in [0.5, 0.6) is 0 Å². The van der Waals surface area contributed by atoms with Gasteiger partial charge in [-0.3, -0.25) is 19.2 Å². The zero-order valence-corrected chi connectivity index (χ0v) is 17.8. The van der Waals surface area contributed by atoms with Gasteiger partial charge in [0.15, 0.2) is 0 Å². The maximum atomic E-state index is 12.6. The molecule has 0 fully saturated rings. The summed E-state index contributed by atoms with van der Waals surface area (Å²) in [6.45, 7) is 4.09. The average molecular weight is 447 g/mol. The van der Waals surface area contributed by atoms with Crippen molar-refractivity contribution in [2.75, 3.05) is 6.61 Å². The van der Waals surface area contributed by atoms with Crippen LogP contribution in [0.15, 0.2) is 0 Å². The Balaban J connectivity index is 5.40. The van der Waals surface area contributed by atoms with Crippen LogP contribution in [-0.2, 0) is 24.0 Å². The first-order valence-electron chi connectivity index (χ1n) is 9.76. The van der Waals surface area contributed by atoms with E-state index in [0.717, 1.165) is 0 Å². The highest BCUT2D eigenvalue weighted by molar-refractivity contribution is 5.94. The van der Waals surface area contributed by atoms with E-state index in [-0.39, 0.29) is 25.2 Å². The topological polar surface area (TPSA) is 234 Å². The lowest BCUT2D eigenvalue weighted by atomic mass is 10.0. The summed E-state index contributed by atoms with van der Waals surface area (Å²) in [5.41, 5.74) is 10.4. The first-order chi connectivity index (χ1) is 14.3. The Bertz CT molecular complexity index is 655. The number of carbonyl (C=O) groups excluding carboxylic acids is 4. The highest BCUT2D eigenvalue weighted by Crippen LogP contribution is 2.08. The number of nitrogens with two attached hydrogens (primary N) is 2. The van der Waals surface area contributed by atoms with Gasteiger partial charge in [-0.25, -0.2) is 4.79 Å². The van der Waals surface area contributed by atoms with Crippen molar-refractivity contribution in [2.45, 2.75) is 70.3 Å². The highest BCUT2D eigenvalue weighted by atomic mass is 16.4. The average Bonchev–Trinajstić information content (AvgIpc) is 2.66. The summed E-state index contributed by atoms with van der Waals surface area (Å²) in [7, 11) is 0. The molecule has 178 valence electrons. The van der Waals surface area contributed by atoms with Crippen molar-refractivity contribution in [3.63, 3.8) is 0 Å². The molecule has 0 aliphatic rings. The number of hydrogen-bond donors (Lipinski definition) is 8. The van der Waals surface area contributed by atoms with E-state index in [0.29, 0.717) is 0 Å². The fraction of sp³-hybridized carbons (Fsp3) is 0.722. The number of aliphatic hydroxyl groups excluding tert-OH is 2. The molecule has 0 aliphatic heterocycles. The summed E-state index contributed by atoms with van der Waals surface area (Å²) in [5, 5.41) is 34.9. The van der Waals surface area contributed by atoms with Crippen LogP contribution in [0, 0.1) is 5.92 Å². The van der Waals surface area contributed by atoms with Crippen LogP contribution in [0.25, 0.3) is 0 Å². The van der Waals surface area contributed by atoms with Crippen molar-refractivity contribution in [1.29, 1.82) is 0 Å². The van der Waals surface area contributed by atoms with E-state index < -0.39 is 66.5 Å². The van der Waals surface area contributed by atoms with Gasteiger partial charge < -0.3 is 42.7 Å². The molecule has 0 aromatic rings. The van der Waals surface area contributed by atoms with E-state index in [4.69, 9.17) is 16.6 Å². The molecule has 0 spiro atoms. The molecule has 0 aromatic heterocycles. The molecular formula is C18H33N5O8. The number of rotatable bonds is 14. The second-order valence-corrected chi connectivity index (χ2v) is 7.61. The molecule has 0 saturated heterocycles. The largest absolute Gasteiger partial charge is 0.480 e. The molecule has 4 amide bonds. The molecule has 0 radical (unpaired) electrons. The predicted octanol–water partition coefficient (Wildman–Crippen LogP) is -3.46.